The zero-order valence-electron chi connectivity index (χ0n) is 13.8. The van der Waals surface area contributed by atoms with Crippen LogP contribution in [0.5, 0.6) is 11.5 Å². The third-order valence-corrected chi connectivity index (χ3v) is 3.58. The van der Waals surface area contributed by atoms with Gasteiger partial charge in [-0.25, -0.2) is 0 Å². The number of carbonyl (C=O) groups is 1. The summed E-state index contributed by atoms with van der Waals surface area (Å²) in [7, 11) is 3.36. The summed E-state index contributed by atoms with van der Waals surface area (Å²) in [5, 5.41) is 0. The predicted octanol–water partition coefficient (Wildman–Crippen LogP) is 2.48. The average Bonchev–Trinajstić information content (AvgIpc) is 2.59. The van der Waals surface area contributed by atoms with Crippen molar-refractivity contribution >= 4 is 5.91 Å². The maximum absolute atomic E-state index is 12.2. The molecule has 23 heavy (non-hydrogen) atoms. The summed E-state index contributed by atoms with van der Waals surface area (Å²) < 4.78 is 10.9. The summed E-state index contributed by atoms with van der Waals surface area (Å²) in [6.07, 6.45) is 4.30. The zero-order chi connectivity index (χ0) is 16.7. The Morgan fingerprint density at radius 1 is 1.17 bits per heavy atom. The second-order valence-electron chi connectivity index (χ2n) is 5.36. The highest BCUT2D eigenvalue weighted by atomic mass is 16.5. The minimum atomic E-state index is -0.0679. The van der Waals surface area contributed by atoms with E-state index in [-0.39, 0.29) is 12.5 Å². The number of methoxy groups -OCH3 is 1. The van der Waals surface area contributed by atoms with Crippen LogP contribution in [0.25, 0.3) is 0 Å². The van der Waals surface area contributed by atoms with E-state index < -0.39 is 0 Å². The molecule has 0 aliphatic rings. The lowest BCUT2D eigenvalue weighted by Gasteiger charge is -2.18. The van der Waals surface area contributed by atoms with Crippen molar-refractivity contribution in [2.75, 3.05) is 27.3 Å². The molecule has 1 amide bonds. The van der Waals surface area contributed by atoms with Gasteiger partial charge in [-0.3, -0.25) is 9.78 Å². The molecule has 5 nitrogen and oxygen atoms in total. The molecule has 0 saturated heterocycles. The number of likely N-dealkylation sites (N-methyl/N-ethyl adjacent to an activating group) is 1. The van der Waals surface area contributed by atoms with Gasteiger partial charge in [-0.05, 0) is 48.7 Å². The third-order valence-electron chi connectivity index (χ3n) is 3.58. The standard InChI is InChI=1S/C18H22N2O3/c1-14-4-5-16(17(12-14)22-3)23-13-18(21)20(2)11-8-15-6-9-19-10-7-15/h4-7,9-10,12H,8,11,13H2,1-3H3. The highest BCUT2D eigenvalue weighted by Crippen LogP contribution is 2.27. The zero-order valence-corrected chi connectivity index (χ0v) is 13.8. The van der Waals surface area contributed by atoms with E-state index in [1.165, 1.54) is 0 Å². The number of carbonyl (C=O) groups excluding carboxylic acids is 1. The summed E-state index contributed by atoms with van der Waals surface area (Å²) in [6.45, 7) is 2.60. The Balaban J connectivity index is 1.84. The quantitative estimate of drug-likeness (QED) is 0.788. The highest BCUT2D eigenvalue weighted by molar-refractivity contribution is 5.77. The molecule has 2 aromatic rings. The molecule has 0 spiro atoms. The average molecular weight is 314 g/mol. The Labute approximate surface area is 136 Å². The van der Waals surface area contributed by atoms with Crippen LogP contribution in [-0.2, 0) is 11.2 Å². The van der Waals surface area contributed by atoms with E-state index in [9.17, 15) is 4.79 Å². The molecule has 0 unspecified atom stereocenters. The number of nitrogens with zero attached hydrogens (tertiary/aromatic N) is 2. The SMILES string of the molecule is COc1cc(C)ccc1OCC(=O)N(C)CCc1ccncc1. The van der Waals surface area contributed by atoms with Crippen LogP contribution in [-0.4, -0.2) is 43.1 Å². The number of hydrogen-bond donors (Lipinski definition) is 0. The summed E-state index contributed by atoms with van der Waals surface area (Å²) in [5.74, 6) is 1.15. The van der Waals surface area contributed by atoms with Gasteiger partial charge in [0.2, 0.25) is 0 Å². The largest absolute Gasteiger partial charge is 0.493 e. The number of ether oxygens (including phenoxy) is 2. The van der Waals surface area contributed by atoms with Gasteiger partial charge in [-0.1, -0.05) is 6.07 Å². The van der Waals surface area contributed by atoms with E-state index in [0.29, 0.717) is 18.0 Å². The van der Waals surface area contributed by atoms with E-state index in [4.69, 9.17) is 9.47 Å². The summed E-state index contributed by atoms with van der Waals surface area (Å²) in [5.41, 5.74) is 2.23. The van der Waals surface area contributed by atoms with Crippen molar-refractivity contribution in [2.45, 2.75) is 13.3 Å². The minimum Gasteiger partial charge on any atom is -0.493 e. The molecule has 0 aliphatic carbocycles. The fourth-order valence-electron chi connectivity index (χ4n) is 2.11. The summed E-state index contributed by atoms with van der Waals surface area (Å²) in [6, 6.07) is 9.53. The molecule has 0 atom stereocenters. The lowest BCUT2D eigenvalue weighted by molar-refractivity contribution is -0.132. The molecule has 1 aromatic carbocycles. The lowest BCUT2D eigenvalue weighted by Crippen LogP contribution is -2.33. The molecule has 2 rings (SSSR count). The van der Waals surface area contributed by atoms with Crippen molar-refractivity contribution < 1.29 is 14.3 Å². The Morgan fingerprint density at radius 2 is 1.91 bits per heavy atom. The maximum atomic E-state index is 12.2. The van der Waals surface area contributed by atoms with Gasteiger partial charge in [0.25, 0.3) is 5.91 Å². The van der Waals surface area contributed by atoms with Crippen molar-refractivity contribution in [3.63, 3.8) is 0 Å². The smallest absolute Gasteiger partial charge is 0.260 e. The topological polar surface area (TPSA) is 51.7 Å². The van der Waals surface area contributed by atoms with E-state index >= 15 is 0 Å². The van der Waals surface area contributed by atoms with Crippen LogP contribution < -0.4 is 9.47 Å². The molecule has 122 valence electrons. The molecular formula is C18H22N2O3. The van der Waals surface area contributed by atoms with Gasteiger partial charge >= 0.3 is 0 Å². The van der Waals surface area contributed by atoms with Crippen molar-refractivity contribution in [3.8, 4) is 11.5 Å². The first-order valence-corrected chi connectivity index (χ1v) is 7.50. The van der Waals surface area contributed by atoms with Gasteiger partial charge in [0.05, 0.1) is 7.11 Å². The van der Waals surface area contributed by atoms with Gasteiger partial charge in [0.1, 0.15) is 0 Å². The Kier molecular flexibility index (Phi) is 5.97. The Morgan fingerprint density at radius 3 is 2.61 bits per heavy atom. The first kappa shape index (κ1) is 16.8. The maximum Gasteiger partial charge on any atom is 0.260 e. The molecule has 1 aromatic heterocycles. The number of rotatable bonds is 7. The summed E-state index contributed by atoms with van der Waals surface area (Å²) in [4.78, 5) is 17.8. The third kappa shape index (κ3) is 4.98. The molecule has 5 heteroatoms. The van der Waals surface area contributed by atoms with E-state index in [1.807, 2.05) is 37.3 Å². The van der Waals surface area contributed by atoms with Crippen LogP contribution in [0.2, 0.25) is 0 Å². The molecule has 0 fully saturated rings. The van der Waals surface area contributed by atoms with Gasteiger partial charge < -0.3 is 14.4 Å². The minimum absolute atomic E-state index is 0.00767. The molecule has 0 radical (unpaired) electrons. The first-order valence-electron chi connectivity index (χ1n) is 7.50. The van der Waals surface area contributed by atoms with Crippen LogP contribution in [0.4, 0.5) is 0 Å². The van der Waals surface area contributed by atoms with Crippen LogP contribution in [0, 0.1) is 6.92 Å². The van der Waals surface area contributed by atoms with Crippen molar-refractivity contribution in [1.82, 2.24) is 9.88 Å². The van der Waals surface area contributed by atoms with Crippen LogP contribution in [0.15, 0.2) is 42.7 Å². The molecule has 1 heterocycles. The fraction of sp³-hybridized carbons (Fsp3) is 0.333. The fourth-order valence-corrected chi connectivity index (χ4v) is 2.11. The molecule has 0 aliphatic heterocycles. The van der Waals surface area contributed by atoms with E-state index in [2.05, 4.69) is 4.98 Å². The van der Waals surface area contributed by atoms with Crippen LogP contribution in [0.3, 0.4) is 0 Å². The molecular weight excluding hydrogens is 292 g/mol. The van der Waals surface area contributed by atoms with E-state index in [0.717, 1.165) is 17.5 Å². The first-order chi connectivity index (χ1) is 11.1. The van der Waals surface area contributed by atoms with Gasteiger partial charge in [-0.15, -0.1) is 0 Å². The van der Waals surface area contributed by atoms with Crippen LogP contribution in [0.1, 0.15) is 11.1 Å². The molecule has 0 bridgehead atoms. The van der Waals surface area contributed by atoms with Crippen LogP contribution >= 0.6 is 0 Å². The van der Waals surface area contributed by atoms with Crippen molar-refractivity contribution in [3.05, 3.63) is 53.9 Å². The Bertz CT molecular complexity index is 644. The number of aromatic nitrogens is 1. The molecule has 0 N–H and O–H groups in total. The summed E-state index contributed by atoms with van der Waals surface area (Å²) >= 11 is 0. The molecule has 0 saturated carbocycles. The number of amides is 1. The number of aryl methyl sites for hydroxylation is 1. The number of benzene rings is 1. The second-order valence-corrected chi connectivity index (χ2v) is 5.36. The lowest BCUT2D eigenvalue weighted by atomic mass is 10.2. The second kappa shape index (κ2) is 8.17. The van der Waals surface area contributed by atoms with E-state index in [1.54, 1.807) is 31.5 Å². The van der Waals surface area contributed by atoms with Gasteiger partial charge in [0.15, 0.2) is 18.1 Å². The normalized spacial score (nSPS) is 10.2. The monoisotopic (exact) mass is 314 g/mol. The highest BCUT2D eigenvalue weighted by Gasteiger charge is 2.11. The van der Waals surface area contributed by atoms with Crippen molar-refractivity contribution in [1.29, 1.82) is 0 Å². The number of hydrogen-bond acceptors (Lipinski definition) is 4. The van der Waals surface area contributed by atoms with Gasteiger partial charge in [0, 0.05) is 26.0 Å². The van der Waals surface area contributed by atoms with Gasteiger partial charge in [-0.2, -0.15) is 0 Å². The Hall–Kier alpha value is -2.56. The number of pyridine rings is 1. The predicted molar refractivity (Wildman–Crippen MR) is 88.8 cm³/mol. The van der Waals surface area contributed by atoms with Crippen molar-refractivity contribution in [2.24, 2.45) is 0 Å².